The van der Waals surface area contributed by atoms with Crippen LogP contribution in [0.1, 0.15) is 46.0 Å². The average Bonchev–Trinajstić information content (AvgIpc) is 2.97. The molecule has 2 heteroatoms. The molecule has 1 aliphatic carbocycles. The number of rotatable bonds is 2. The van der Waals surface area contributed by atoms with E-state index in [2.05, 4.69) is 23.6 Å². The van der Waals surface area contributed by atoms with Gasteiger partial charge >= 0.3 is 0 Å². The predicted molar refractivity (Wildman–Crippen MR) is 67.6 cm³/mol. The van der Waals surface area contributed by atoms with Gasteiger partial charge < -0.3 is 0 Å². The minimum absolute atomic E-state index is 0.686. The molecule has 2 nitrogen and oxygen atoms in total. The lowest BCUT2D eigenvalue weighted by atomic mass is 9.96. The van der Waals surface area contributed by atoms with Gasteiger partial charge in [-0.3, -0.25) is 9.80 Å². The first kappa shape index (κ1) is 11.0. The summed E-state index contributed by atoms with van der Waals surface area (Å²) >= 11 is 0. The first-order chi connectivity index (χ1) is 7.66. The molecule has 92 valence electrons. The Hall–Kier alpha value is -0.0800. The van der Waals surface area contributed by atoms with Crippen molar-refractivity contribution in [3.63, 3.8) is 0 Å². The summed E-state index contributed by atoms with van der Waals surface area (Å²) < 4.78 is 0. The van der Waals surface area contributed by atoms with Crippen molar-refractivity contribution in [2.24, 2.45) is 5.41 Å². The lowest BCUT2D eigenvalue weighted by Gasteiger charge is -2.48. The Morgan fingerprint density at radius 1 is 1.19 bits per heavy atom. The third kappa shape index (κ3) is 2.14. The average molecular weight is 222 g/mol. The first-order valence-corrected chi connectivity index (χ1v) is 7.14. The smallest absolute Gasteiger partial charge is 0.0223 e. The van der Waals surface area contributed by atoms with Crippen molar-refractivity contribution in [3.05, 3.63) is 0 Å². The predicted octanol–water partition coefficient (Wildman–Crippen LogP) is 2.35. The highest BCUT2D eigenvalue weighted by atomic mass is 15.3. The second-order valence-corrected chi connectivity index (χ2v) is 6.73. The molecule has 2 aliphatic heterocycles. The standard InChI is InChI=1S/C14H26N2/c1-12-9-15-8-4-3-5-13(15)10-16(12)11-14(2)6-7-14/h12-13H,3-11H2,1-2H3. The van der Waals surface area contributed by atoms with Crippen LogP contribution in [0.5, 0.6) is 0 Å². The molecule has 0 N–H and O–H groups in total. The third-order valence-corrected chi connectivity index (χ3v) is 5.00. The van der Waals surface area contributed by atoms with E-state index in [9.17, 15) is 0 Å². The van der Waals surface area contributed by atoms with Gasteiger partial charge in [0.05, 0.1) is 0 Å². The molecule has 0 radical (unpaired) electrons. The maximum atomic E-state index is 2.78. The fourth-order valence-electron chi connectivity index (χ4n) is 3.49. The van der Waals surface area contributed by atoms with Gasteiger partial charge in [0.1, 0.15) is 0 Å². The molecule has 16 heavy (non-hydrogen) atoms. The molecule has 0 amide bonds. The van der Waals surface area contributed by atoms with Crippen molar-refractivity contribution in [2.45, 2.75) is 58.0 Å². The van der Waals surface area contributed by atoms with Crippen LogP contribution in [0, 0.1) is 5.41 Å². The largest absolute Gasteiger partial charge is 0.298 e. The molecule has 3 aliphatic rings. The fourth-order valence-corrected chi connectivity index (χ4v) is 3.49. The van der Waals surface area contributed by atoms with Gasteiger partial charge in [0.15, 0.2) is 0 Å². The maximum absolute atomic E-state index is 2.78. The minimum atomic E-state index is 0.686. The highest BCUT2D eigenvalue weighted by Crippen LogP contribution is 2.46. The van der Waals surface area contributed by atoms with E-state index in [0.717, 1.165) is 12.1 Å². The van der Waals surface area contributed by atoms with E-state index in [-0.39, 0.29) is 0 Å². The van der Waals surface area contributed by atoms with E-state index in [1.807, 2.05) is 0 Å². The Labute approximate surface area is 100.0 Å². The summed E-state index contributed by atoms with van der Waals surface area (Å²) in [4.78, 5) is 5.53. The summed E-state index contributed by atoms with van der Waals surface area (Å²) in [6.45, 7) is 10.3. The van der Waals surface area contributed by atoms with Gasteiger partial charge in [-0.25, -0.2) is 0 Å². The first-order valence-electron chi connectivity index (χ1n) is 7.14. The summed E-state index contributed by atoms with van der Waals surface area (Å²) in [5.41, 5.74) is 0.686. The molecule has 3 fully saturated rings. The molecular weight excluding hydrogens is 196 g/mol. The molecule has 0 aromatic heterocycles. The van der Waals surface area contributed by atoms with Crippen LogP contribution in [0.25, 0.3) is 0 Å². The highest BCUT2D eigenvalue weighted by Gasteiger charge is 2.42. The van der Waals surface area contributed by atoms with E-state index in [4.69, 9.17) is 0 Å². The van der Waals surface area contributed by atoms with Crippen LogP contribution in [0.3, 0.4) is 0 Å². The molecule has 2 unspecified atom stereocenters. The summed E-state index contributed by atoms with van der Waals surface area (Å²) in [6.07, 6.45) is 7.26. The Bertz CT molecular complexity index is 259. The molecule has 2 heterocycles. The van der Waals surface area contributed by atoms with Gasteiger partial charge in [-0.2, -0.15) is 0 Å². The zero-order valence-electron chi connectivity index (χ0n) is 10.9. The van der Waals surface area contributed by atoms with E-state index in [0.29, 0.717) is 5.41 Å². The summed E-state index contributed by atoms with van der Waals surface area (Å²) in [5, 5.41) is 0. The van der Waals surface area contributed by atoms with Crippen molar-refractivity contribution >= 4 is 0 Å². The maximum Gasteiger partial charge on any atom is 0.0223 e. The van der Waals surface area contributed by atoms with Gasteiger partial charge in [0.2, 0.25) is 0 Å². The zero-order valence-corrected chi connectivity index (χ0v) is 10.9. The van der Waals surface area contributed by atoms with E-state index < -0.39 is 0 Å². The molecule has 0 aromatic carbocycles. The minimum Gasteiger partial charge on any atom is -0.298 e. The topological polar surface area (TPSA) is 6.48 Å². The van der Waals surface area contributed by atoms with Crippen molar-refractivity contribution in [2.75, 3.05) is 26.2 Å². The Kier molecular flexibility index (Phi) is 2.75. The molecule has 2 atom stereocenters. The Morgan fingerprint density at radius 3 is 2.75 bits per heavy atom. The summed E-state index contributed by atoms with van der Waals surface area (Å²) in [5.74, 6) is 0. The van der Waals surface area contributed by atoms with Crippen LogP contribution >= 0.6 is 0 Å². The van der Waals surface area contributed by atoms with Crippen LogP contribution < -0.4 is 0 Å². The SMILES string of the molecule is CC1CN2CCCCC2CN1CC1(C)CC1. The number of hydrogen-bond acceptors (Lipinski definition) is 2. The van der Waals surface area contributed by atoms with Crippen molar-refractivity contribution in [1.82, 2.24) is 9.80 Å². The van der Waals surface area contributed by atoms with Gasteiger partial charge in [0, 0.05) is 31.7 Å². The van der Waals surface area contributed by atoms with Crippen molar-refractivity contribution < 1.29 is 0 Å². The molecule has 2 saturated heterocycles. The number of piperidine rings is 1. The third-order valence-electron chi connectivity index (χ3n) is 5.00. The normalized spacial score (nSPS) is 39.4. The zero-order chi connectivity index (χ0) is 11.2. The number of hydrogen-bond donors (Lipinski definition) is 0. The van der Waals surface area contributed by atoms with Gasteiger partial charge in [0.25, 0.3) is 0 Å². The Balaban J connectivity index is 1.62. The molecule has 0 aromatic rings. The summed E-state index contributed by atoms with van der Waals surface area (Å²) in [6, 6.07) is 1.67. The highest BCUT2D eigenvalue weighted by molar-refractivity contribution is 4.96. The second-order valence-electron chi connectivity index (χ2n) is 6.73. The Morgan fingerprint density at radius 2 is 2.00 bits per heavy atom. The lowest BCUT2D eigenvalue weighted by Crippen LogP contribution is -2.59. The van der Waals surface area contributed by atoms with Crippen molar-refractivity contribution in [1.29, 1.82) is 0 Å². The van der Waals surface area contributed by atoms with Crippen LogP contribution in [0.2, 0.25) is 0 Å². The molecule has 3 rings (SSSR count). The fraction of sp³-hybridized carbons (Fsp3) is 1.00. The van der Waals surface area contributed by atoms with Crippen LogP contribution in [-0.2, 0) is 0 Å². The van der Waals surface area contributed by atoms with Crippen LogP contribution in [0.15, 0.2) is 0 Å². The molecule has 0 bridgehead atoms. The second kappa shape index (κ2) is 3.99. The van der Waals surface area contributed by atoms with Crippen LogP contribution in [-0.4, -0.2) is 48.1 Å². The van der Waals surface area contributed by atoms with Crippen LogP contribution in [0.4, 0.5) is 0 Å². The van der Waals surface area contributed by atoms with Gasteiger partial charge in [-0.1, -0.05) is 13.3 Å². The number of piperazine rings is 1. The van der Waals surface area contributed by atoms with Gasteiger partial charge in [-0.15, -0.1) is 0 Å². The monoisotopic (exact) mass is 222 g/mol. The van der Waals surface area contributed by atoms with E-state index >= 15 is 0 Å². The number of nitrogens with zero attached hydrogens (tertiary/aromatic N) is 2. The molecular formula is C14H26N2. The van der Waals surface area contributed by atoms with Crippen molar-refractivity contribution in [3.8, 4) is 0 Å². The quantitative estimate of drug-likeness (QED) is 0.707. The number of fused-ring (bicyclic) bond motifs is 1. The molecule has 1 saturated carbocycles. The lowest BCUT2D eigenvalue weighted by molar-refractivity contribution is 0.00673. The summed E-state index contributed by atoms with van der Waals surface area (Å²) in [7, 11) is 0. The van der Waals surface area contributed by atoms with Gasteiger partial charge in [-0.05, 0) is 44.6 Å². The van der Waals surface area contributed by atoms with E-state index in [1.165, 1.54) is 58.3 Å². The van der Waals surface area contributed by atoms with E-state index in [1.54, 1.807) is 0 Å². The molecule has 0 spiro atoms.